The lowest BCUT2D eigenvalue weighted by molar-refractivity contribution is 0.289. The molecule has 0 fully saturated rings. The molecule has 0 radical (unpaired) electrons. The SMILES string of the molecule is Nc1ccccc1.OB(O)Oc1cccc2ccc3cc4ccccc4cc3c12. The number of hydrogen-bond donors (Lipinski definition) is 3. The van der Waals surface area contributed by atoms with Crippen molar-refractivity contribution in [3.8, 4) is 5.75 Å². The lowest BCUT2D eigenvalue weighted by Crippen LogP contribution is -2.20. The lowest BCUT2D eigenvalue weighted by atomic mass is 9.97. The van der Waals surface area contributed by atoms with Crippen LogP contribution in [0.2, 0.25) is 0 Å². The second-order valence-corrected chi connectivity index (χ2v) is 6.70. The van der Waals surface area contributed by atoms with Gasteiger partial charge in [-0.25, -0.2) is 0 Å². The van der Waals surface area contributed by atoms with E-state index in [-0.39, 0.29) is 0 Å². The first-order valence-electron chi connectivity index (χ1n) is 9.29. The first-order chi connectivity index (χ1) is 14.1. The number of rotatable bonds is 2. The molecule has 142 valence electrons. The van der Waals surface area contributed by atoms with Crippen LogP contribution in [0.15, 0.2) is 97.1 Å². The van der Waals surface area contributed by atoms with Crippen LogP contribution < -0.4 is 10.4 Å². The van der Waals surface area contributed by atoms with Crippen molar-refractivity contribution < 1.29 is 14.7 Å². The monoisotopic (exact) mass is 381 g/mol. The third kappa shape index (κ3) is 4.16. The van der Waals surface area contributed by atoms with E-state index in [1.807, 2.05) is 60.7 Å². The Kier molecular flexibility index (Phi) is 5.34. The maximum absolute atomic E-state index is 9.14. The predicted octanol–water partition coefficient (Wildman–Crippen LogP) is 4.76. The van der Waals surface area contributed by atoms with Crippen LogP contribution in [0.1, 0.15) is 0 Å². The number of nitrogen functional groups attached to an aromatic ring is 1. The Bertz CT molecular complexity index is 1270. The summed E-state index contributed by atoms with van der Waals surface area (Å²) in [6.07, 6.45) is 0. The Morgan fingerprint density at radius 1 is 0.621 bits per heavy atom. The maximum atomic E-state index is 9.14. The van der Waals surface area contributed by atoms with Crippen LogP contribution in [0.25, 0.3) is 32.3 Å². The lowest BCUT2D eigenvalue weighted by Gasteiger charge is -2.12. The maximum Gasteiger partial charge on any atom is 0.707 e. The molecule has 0 unspecified atom stereocenters. The molecule has 0 aromatic heterocycles. The molecule has 0 spiro atoms. The summed E-state index contributed by atoms with van der Waals surface area (Å²) < 4.78 is 5.16. The van der Waals surface area contributed by atoms with Crippen molar-refractivity contribution in [2.24, 2.45) is 0 Å². The minimum Gasteiger partial charge on any atom is -0.511 e. The summed E-state index contributed by atoms with van der Waals surface area (Å²) in [7, 11) is -1.83. The van der Waals surface area contributed by atoms with Gasteiger partial charge in [0.25, 0.3) is 0 Å². The third-order valence-electron chi connectivity index (χ3n) is 4.72. The van der Waals surface area contributed by atoms with Gasteiger partial charge in [0.2, 0.25) is 0 Å². The first-order valence-corrected chi connectivity index (χ1v) is 9.29. The van der Waals surface area contributed by atoms with Crippen molar-refractivity contribution in [1.82, 2.24) is 0 Å². The standard InChI is InChI=1S/C18H13BO3.C6H7N/c20-19(21)22-17-7-3-6-12-8-9-15-10-13-4-1-2-5-14(13)11-16(15)18(12)17;7-6-4-2-1-3-5-6/h1-11,20-21H;1-5H,7H2. The van der Waals surface area contributed by atoms with Crippen LogP contribution >= 0.6 is 0 Å². The molecule has 4 nitrogen and oxygen atoms in total. The van der Waals surface area contributed by atoms with Gasteiger partial charge < -0.3 is 20.4 Å². The van der Waals surface area contributed by atoms with E-state index in [0.717, 1.165) is 32.6 Å². The summed E-state index contributed by atoms with van der Waals surface area (Å²) in [6, 6.07) is 31.6. The Labute approximate surface area is 169 Å². The van der Waals surface area contributed by atoms with Crippen LogP contribution in [0.3, 0.4) is 0 Å². The summed E-state index contributed by atoms with van der Waals surface area (Å²) in [5.41, 5.74) is 6.18. The Balaban J connectivity index is 0.000000249. The average molecular weight is 381 g/mol. The van der Waals surface area contributed by atoms with Crippen molar-refractivity contribution in [2.75, 3.05) is 5.73 Å². The fourth-order valence-electron chi connectivity index (χ4n) is 3.43. The van der Waals surface area contributed by atoms with Gasteiger partial charge in [0, 0.05) is 11.1 Å². The summed E-state index contributed by atoms with van der Waals surface area (Å²) >= 11 is 0. The predicted molar refractivity (Wildman–Crippen MR) is 121 cm³/mol. The molecule has 0 amide bonds. The van der Waals surface area contributed by atoms with E-state index in [9.17, 15) is 0 Å². The highest BCUT2D eigenvalue weighted by molar-refractivity contribution is 6.34. The molecular formula is C24H20BNO3. The largest absolute Gasteiger partial charge is 0.707 e. The van der Waals surface area contributed by atoms with Crippen LogP contribution in [0, 0.1) is 0 Å². The van der Waals surface area contributed by atoms with E-state index in [0.29, 0.717) is 5.75 Å². The Morgan fingerprint density at radius 3 is 1.90 bits per heavy atom. The number of benzene rings is 5. The molecule has 5 heteroatoms. The van der Waals surface area contributed by atoms with Gasteiger partial charge in [-0.3, -0.25) is 0 Å². The number of hydrogen-bond acceptors (Lipinski definition) is 4. The van der Waals surface area contributed by atoms with Gasteiger partial charge in [0.1, 0.15) is 5.75 Å². The van der Waals surface area contributed by atoms with E-state index in [1.54, 1.807) is 6.07 Å². The molecule has 4 N–H and O–H groups in total. The van der Waals surface area contributed by atoms with Crippen molar-refractivity contribution in [2.45, 2.75) is 0 Å². The van der Waals surface area contributed by atoms with Crippen LogP contribution in [-0.2, 0) is 0 Å². The zero-order chi connectivity index (χ0) is 20.2. The number of anilines is 1. The first kappa shape index (κ1) is 18.8. The number of fused-ring (bicyclic) bond motifs is 4. The molecule has 0 aliphatic carbocycles. The second kappa shape index (κ2) is 8.23. The Hall–Kier alpha value is -3.54. The smallest absolute Gasteiger partial charge is 0.511 e. The molecule has 0 bridgehead atoms. The van der Waals surface area contributed by atoms with Gasteiger partial charge in [-0.05, 0) is 57.3 Å². The highest BCUT2D eigenvalue weighted by atomic mass is 16.6. The van der Waals surface area contributed by atoms with E-state index in [1.165, 1.54) is 5.39 Å². The number of nitrogens with two attached hydrogens (primary N) is 1. The van der Waals surface area contributed by atoms with Crippen molar-refractivity contribution >= 4 is 45.3 Å². The normalized spacial score (nSPS) is 10.6. The molecule has 29 heavy (non-hydrogen) atoms. The van der Waals surface area contributed by atoms with E-state index < -0.39 is 7.32 Å². The minimum absolute atomic E-state index is 0.466. The molecule has 5 aromatic rings. The average Bonchev–Trinajstić information content (AvgIpc) is 2.73. The summed E-state index contributed by atoms with van der Waals surface area (Å²) in [5, 5.41) is 24.6. The summed E-state index contributed by atoms with van der Waals surface area (Å²) in [5.74, 6) is 0.466. The van der Waals surface area contributed by atoms with Gasteiger partial charge >= 0.3 is 7.32 Å². The molecule has 5 rings (SSSR count). The molecule has 0 atom stereocenters. The quantitative estimate of drug-likeness (QED) is 0.178. The fourth-order valence-corrected chi connectivity index (χ4v) is 3.43. The molecule has 0 aliphatic heterocycles. The molecule has 0 aliphatic rings. The zero-order valence-electron chi connectivity index (χ0n) is 15.7. The molecule has 5 aromatic carbocycles. The highest BCUT2D eigenvalue weighted by Crippen LogP contribution is 2.35. The summed E-state index contributed by atoms with van der Waals surface area (Å²) in [4.78, 5) is 0. The number of para-hydroxylation sites is 1. The van der Waals surface area contributed by atoms with Crippen molar-refractivity contribution in [3.63, 3.8) is 0 Å². The topological polar surface area (TPSA) is 75.7 Å². The van der Waals surface area contributed by atoms with Crippen molar-refractivity contribution in [1.29, 1.82) is 0 Å². The third-order valence-corrected chi connectivity index (χ3v) is 4.72. The van der Waals surface area contributed by atoms with Gasteiger partial charge in [0.05, 0.1) is 0 Å². The minimum atomic E-state index is -1.83. The van der Waals surface area contributed by atoms with Gasteiger partial charge in [-0.1, -0.05) is 66.7 Å². The zero-order valence-corrected chi connectivity index (χ0v) is 15.7. The molecular weight excluding hydrogens is 361 g/mol. The van der Waals surface area contributed by atoms with Crippen molar-refractivity contribution in [3.05, 3.63) is 97.1 Å². The Morgan fingerprint density at radius 2 is 1.24 bits per heavy atom. The van der Waals surface area contributed by atoms with Gasteiger partial charge in [-0.15, -0.1) is 0 Å². The van der Waals surface area contributed by atoms with Crippen LogP contribution in [0.4, 0.5) is 5.69 Å². The summed E-state index contributed by atoms with van der Waals surface area (Å²) in [6.45, 7) is 0. The van der Waals surface area contributed by atoms with Gasteiger partial charge in [-0.2, -0.15) is 0 Å². The molecule has 0 saturated carbocycles. The highest BCUT2D eigenvalue weighted by Gasteiger charge is 2.15. The van der Waals surface area contributed by atoms with Crippen LogP contribution in [-0.4, -0.2) is 17.4 Å². The van der Waals surface area contributed by atoms with E-state index in [2.05, 4.69) is 30.3 Å². The van der Waals surface area contributed by atoms with Crippen LogP contribution in [0.5, 0.6) is 5.75 Å². The van der Waals surface area contributed by atoms with Gasteiger partial charge in [0.15, 0.2) is 0 Å². The molecule has 0 saturated heterocycles. The molecule has 0 heterocycles. The van der Waals surface area contributed by atoms with E-state index >= 15 is 0 Å². The second-order valence-electron chi connectivity index (χ2n) is 6.70. The van der Waals surface area contributed by atoms with E-state index in [4.69, 9.17) is 20.4 Å². The fraction of sp³-hybridized carbons (Fsp3) is 0.